The fourth-order valence-corrected chi connectivity index (χ4v) is 5.19. The third-order valence-corrected chi connectivity index (χ3v) is 7.80. The van der Waals surface area contributed by atoms with Gasteiger partial charge < -0.3 is 24.8 Å². The van der Waals surface area contributed by atoms with Crippen LogP contribution in [0.15, 0.2) is 48.6 Å². The van der Waals surface area contributed by atoms with Crippen molar-refractivity contribution in [2.24, 2.45) is 0 Å². The van der Waals surface area contributed by atoms with Gasteiger partial charge in [0.25, 0.3) is 11.8 Å². The van der Waals surface area contributed by atoms with E-state index in [0.717, 1.165) is 44.8 Å². The van der Waals surface area contributed by atoms with E-state index in [1.165, 1.54) is 0 Å². The number of anilines is 2. The van der Waals surface area contributed by atoms with Crippen molar-refractivity contribution in [1.29, 1.82) is 0 Å². The van der Waals surface area contributed by atoms with Crippen LogP contribution in [0.5, 0.6) is 0 Å². The van der Waals surface area contributed by atoms with E-state index in [1.807, 2.05) is 39.8 Å². The maximum absolute atomic E-state index is 12.3. The van der Waals surface area contributed by atoms with Gasteiger partial charge >= 0.3 is 0 Å². The molecule has 2 heterocycles. The minimum atomic E-state index is -0.778. The first kappa shape index (κ1) is 28.7. The summed E-state index contributed by atoms with van der Waals surface area (Å²) in [6.07, 6.45) is -0.250. The van der Waals surface area contributed by atoms with E-state index in [4.69, 9.17) is 14.2 Å². The third-order valence-electron chi connectivity index (χ3n) is 7.80. The quantitative estimate of drug-likeness (QED) is 0.294. The zero-order valence-electron chi connectivity index (χ0n) is 24.3. The monoisotopic (exact) mass is 532 g/mol. The molecule has 7 nitrogen and oxygen atoms in total. The molecule has 2 fully saturated rings. The number of carbonyl (C=O) groups excluding carboxylic acids is 2. The van der Waals surface area contributed by atoms with E-state index in [0.29, 0.717) is 24.4 Å². The normalized spacial score (nSPS) is 20.8. The van der Waals surface area contributed by atoms with Crippen molar-refractivity contribution in [2.75, 3.05) is 23.8 Å². The summed E-state index contributed by atoms with van der Waals surface area (Å²) in [6, 6.07) is 8.12. The van der Waals surface area contributed by atoms with E-state index >= 15 is 0 Å². The summed E-state index contributed by atoms with van der Waals surface area (Å²) < 4.78 is 18.9. The summed E-state index contributed by atoms with van der Waals surface area (Å²) in [7, 11) is 0. The number of carbonyl (C=O) groups is 2. The molecule has 4 unspecified atom stereocenters. The smallest absolute Gasteiger partial charge is 0.250 e. The molecule has 4 atom stereocenters. The summed E-state index contributed by atoms with van der Waals surface area (Å²) in [5.74, 6) is -0.413. The number of nitrogens with one attached hydrogen (secondary N) is 2. The minimum absolute atomic E-state index is 0.125. The second-order valence-electron chi connectivity index (χ2n) is 11.4. The Morgan fingerprint density at radius 2 is 1.08 bits per heavy atom. The average Bonchev–Trinajstić information content (AvgIpc) is 3.75. The summed E-state index contributed by atoms with van der Waals surface area (Å²) in [5.41, 5.74) is 6.67. The van der Waals surface area contributed by atoms with Crippen molar-refractivity contribution >= 4 is 23.2 Å². The van der Waals surface area contributed by atoms with Gasteiger partial charge in [-0.3, -0.25) is 9.59 Å². The highest BCUT2D eigenvalue weighted by Crippen LogP contribution is 2.50. The van der Waals surface area contributed by atoms with Crippen LogP contribution in [0.1, 0.15) is 61.1 Å². The molecule has 2 aliphatic heterocycles. The molecular weight excluding hydrogens is 492 g/mol. The Balaban J connectivity index is 1.74. The van der Waals surface area contributed by atoms with Gasteiger partial charge in [0.2, 0.25) is 0 Å². The molecule has 0 aliphatic carbocycles. The Bertz CT molecular complexity index is 1270. The van der Waals surface area contributed by atoms with Gasteiger partial charge in [-0.25, -0.2) is 0 Å². The van der Waals surface area contributed by atoms with Gasteiger partial charge in [-0.2, -0.15) is 0 Å². The minimum Gasteiger partial charge on any atom is -0.370 e. The highest BCUT2D eigenvalue weighted by Gasteiger charge is 2.56. The van der Waals surface area contributed by atoms with E-state index in [-0.39, 0.29) is 24.0 Å². The Hall–Kier alpha value is -3.26. The maximum Gasteiger partial charge on any atom is 0.250 e. The summed E-state index contributed by atoms with van der Waals surface area (Å²) >= 11 is 0. The topological polar surface area (TPSA) is 92.5 Å². The number of hydrogen-bond acceptors (Lipinski definition) is 5. The Morgan fingerprint density at radius 1 is 0.744 bits per heavy atom. The molecule has 2 amide bonds. The van der Waals surface area contributed by atoms with E-state index in [2.05, 4.69) is 49.8 Å². The van der Waals surface area contributed by atoms with Gasteiger partial charge in [0.05, 0.1) is 13.2 Å². The molecule has 2 aromatic rings. The number of hydrogen-bond donors (Lipinski definition) is 2. The van der Waals surface area contributed by atoms with Crippen molar-refractivity contribution in [3.63, 3.8) is 0 Å². The number of aryl methyl sites for hydroxylation is 4. The predicted molar refractivity (Wildman–Crippen MR) is 154 cm³/mol. The number of rotatable bonds is 10. The fourth-order valence-electron chi connectivity index (χ4n) is 5.19. The van der Waals surface area contributed by atoms with Crippen molar-refractivity contribution in [1.82, 2.24) is 0 Å². The first-order valence-corrected chi connectivity index (χ1v) is 13.3. The lowest BCUT2D eigenvalue weighted by Crippen LogP contribution is -2.45. The Morgan fingerprint density at radius 3 is 1.36 bits per heavy atom. The molecule has 2 N–H and O–H groups in total. The molecule has 208 valence electrons. The Kier molecular flexibility index (Phi) is 7.65. The van der Waals surface area contributed by atoms with Gasteiger partial charge in [-0.05, 0) is 101 Å². The zero-order valence-corrected chi connectivity index (χ0v) is 24.3. The van der Waals surface area contributed by atoms with Crippen LogP contribution in [-0.2, 0) is 35.0 Å². The standard InChI is InChI=1S/C32H40N2O5/c1-17(2)29(35)33-25-13-19(5)23(11-21(25)7)31(9,27-15-37-27)39-32(10,28-16-38-28)24-12-22(8)26(14-20(24)6)34-30(36)18(3)4/h11-14,27-28H,1,3,15-16H2,2,4-10H3,(H,33,35)(H,34,36). The number of benzene rings is 2. The van der Waals surface area contributed by atoms with E-state index in [1.54, 1.807) is 13.8 Å². The number of amides is 2. The van der Waals surface area contributed by atoms with E-state index in [9.17, 15) is 9.59 Å². The van der Waals surface area contributed by atoms with Crippen LogP contribution < -0.4 is 10.6 Å². The average molecular weight is 533 g/mol. The molecule has 2 aliphatic rings. The molecule has 2 aromatic carbocycles. The van der Waals surface area contributed by atoms with Crippen molar-refractivity contribution in [3.05, 3.63) is 82.0 Å². The molecule has 2 saturated heterocycles. The van der Waals surface area contributed by atoms with Crippen LogP contribution in [0, 0.1) is 27.7 Å². The van der Waals surface area contributed by atoms with E-state index < -0.39 is 11.2 Å². The maximum atomic E-state index is 12.3. The highest BCUT2D eigenvalue weighted by molar-refractivity contribution is 6.03. The fraction of sp³-hybridized carbons (Fsp3) is 0.438. The summed E-state index contributed by atoms with van der Waals surface area (Å²) in [6.45, 7) is 24.2. The SMILES string of the molecule is C=C(C)C(=O)Nc1cc(C)c(C(C)(OC(C)(c2cc(C)c(NC(=O)C(=C)C)cc2C)C2CO2)C2CO2)cc1C. The van der Waals surface area contributed by atoms with Crippen LogP contribution in [0.2, 0.25) is 0 Å². The van der Waals surface area contributed by atoms with Crippen molar-refractivity contribution < 1.29 is 23.8 Å². The predicted octanol–water partition coefficient (Wildman–Crippen LogP) is 5.89. The number of ether oxygens (including phenoxy) is 3. The molecule has 0 bridgehead atoms. The van der Waals surface area contributed by atoms with Gasteiger partial charge in [0.1, 0.15) is 23.4 Å². The Labute approximate surface area is 231 Å². The van der Waals surface area contributed by atoms with Crippen molar-refractivity contribution in [2.45, 2.75) is 78.8 Å². The van der Waals surface area contributed by atoms with Crippen molar-refractivity contribution in [3.8, 4) is 0 Å². The molecule has 7 heteroatoms. The second kappa shape index (κ2) is 10.4. The first-order chi connectivity index (χ1) is 18.2. The lowest BCUT2D eigenvalue weighted by atomic mass is 9.83. The zero-order chi connectivity index (χ0) is 28.9. The van der Waals surface area contributed by atoms with Crippen LogP contribution in [0.4, 0.5) is 11.4 Å². The second-order valence-corrected chi connectivity index (χ2v) is 11.4. The van der Waals surface area contributed by atoms with Crippen LogP contribution in [0.3, 0.4) is 0 Å². The molecule has 0 radical (unpaired) electrons. The largest absolute Gasteiger partial charge is 0.370 e. The summed E-state index contributed by atoms with van der Waals surface area (Å²) in [5, 5.41) is 5.90. The van der Waals surface area contributed by atoms with Gasteiger partial charge in [-0.15, -0.1) is 0 Å². The molecule has 0 saturated carbocycles. The summed E-state index contributed by atoms with van der Waals surface area (Å²) in [4.78, 5) is 24.6. The molecule has 39 heavy (non-hydrogen) atoms. The highest BCUT2D eigenvalue weighted by atomic mass is 16.6. The van der Waals surface area contributed by atoms with Gasteiger partial charge in [-0.1, -0.05) is 25.3 Å². The lowest BCUT2D eigenvalue weighted by Gasteiger charge is -2.41. The van der Waals surface area contributed by atoms with Crippen LogP contribution in [-0.4, -0.2) is 37.2 Å². The molecule has 4 rings (SSSR count). The van der Waals surface area contributed by atoms with Crippen LogP contribution in [0.25, 0.3) is 0 Å². The molecule has 0 aromatic heterocycles. The number of epoxide rings is 2. The molecule has 0 spiro atoms. The van der Waals surface area contributed by atoms with Gasteiger partial charge in [0.15, 0.2) is 0 Å². The van der Waals surface area contributed by atoms with Gasteiger partial charge in [0, 0.05) is 22.5 Å². The lowest BCUT2D eigenvalue weighted by molar-refractivity contribution is -0.172. The van der Waals surface area contributed by atoms with Crippen LogP contribution >= 0.6 is 0 Å². The first-order valence-electron chi connectivity index (χ1n) is 13.3. The molecular formula is C32H40N2O5. The third kappa shape index (κ3) is 5.71.